The lowest BCUT2D eigenvalue weighted by Gasteiger charge is -2.58. The summed E-state index contributed by atoms with van der Waals surface area (Å²) < 4.78 is 0. The summed E-state index contributed by atoms with van der Waals surface area (Å²) in [5.41, 5.74) is 3.13. The molecule has 2 N–H and O–H groups in total. The van der Waals surface area contributed by atoms with Crippen molar-refractivity contribution in [2.75, 3.05) is 0 Å². The first-order valence-corrected chi connectivity index (χ1v) is 9.96. The lowest BCUT2D eigenvalue weighted by Crippen LogP contribution is -2.50. The van der Waals surface area contributed by atoms with Crippen LogP contribution in [0.25, 0.3) is 0 Å². The fourth-order valence-corrected chi connectivity index (χ4v) is 7.40. The average Bonchev–Trinajstić information content (AvgIpc) is 2.92. The molecule has 0 aliphatic heterocycles. The Balaban J connectivity index is 1.65. The summed E-state index contributed by atoms with van der Waals surface area (Å²) in [4.78, 5) is 0. The maximum Gasteiger partial charge on any atom is 0.0577 e. The third-order valence-corrected chi connectivity index (χ3v) is 8.74. The summed E-state index contributed by atoms with van der Waals surface area (Å²) >= 11 is 0. The van der Waals surface area contributed by atoms with Crippen LogP contribution < -0.4 is 0 Å². The van der Waals surface area contributed by atoms with Crippen molar-refractivity contribution < 1.29 is 10.3 Å². The van der Waals surface area contributed by atoms with E-state index >= 15 is 0 Å². The van der Waals surface area contributed by atoms with Crippen LogP contribution >= 0.6 is 0 Å². The maximum absolute atomic E-state index is 10.1. The van der Waals surface area contributed by atoms with E-state index in [0.29, 0.717) is 16.7 Å². The van der Waals surface area contributed by atoms with Crippen molar-refractivity contribution in [3.63, 3.8) is 0 Å². The molecule has 0 amide bonds. The van der Waals surface area contributed by atoms with Crippen LogP contribution in [0.15, 0.2) is 16.8 Å². The molecular weight excluding hydrogens is 298 g/mol. The summed E-state index contributed by atoms with van der Waals surface area (Å²) in [6, 6.07) is 0. The van der Waals surface area contributed by atoms with Gasteiger partial charge in [-0.25, -0.2) is 0 Å². The molecule has 4 rings (SSSR count). The van der Waals surface area contributed by atoms with Crippen LogP contribution in [0.3, 0.4) is 0 Å². The van der Waals surface area contributed by atoms with Crippen molar-refractivity contribution in [3.8, 4) is 0 Å². The molecule has 3 heteroatoms. The first-order valence-electron chi connectivity index (χ1n) is 9.96. The topological polar surface area (TPSA) is 52.8 Å². The second-order valence-corrected chi connectivity index (χ2v) is 9.57. The van der Waals surface area contributed by atoms with Crippen molar-refractivity contribution >= 4 is 5.71 Å². The Morgan fingerprint density at radius 2 is 1.92 bits per heavy atom. The third kappa shape index (κ3) is 2.16. The highest BCUT2D eigenvalue weighted by atomic mass is 16.4. The smallest absolute Gasteiger partial charge is 0.0577 e. The number of allylic oxidation sites excluding steroid dienone is 1. The second kappa shape index (κ2) is 5.59. The largest absolute Gasteiger partial charge is 0.411 e. The molecule has 4 aliphatic rings. The quantitative estimate of drug-likeness (QED) is 0.314. The zero-order valence-electron chi connectivity index (χ0n) is 15.5. The van der Waals surface area contributed by atoms with Gasteiger partial charge in [0.15, 0.2) is 0 Å². The van der Waals surface area contributed by atoms with Gasteiger partial charge in [0, 0.05) is 5.92 Å². The van der Waals surface area contributed by atoms with Crippen LogP contribution in [0, 0.1) is 34.5 Å². The van der Waals surface area contributed by atoms with Gasteiger partial charge in [0.05, 0.1) is 11.8 Å². The molecule has 0 unspecified atom stereocenters. The number of fused-ring (bicyclic) bond motifs is 5. The van der Waals surface area contributed by atoms with Crippen LogP contribution in [0.4, 0.5) is 0 Å². The third-order valence-electron chi connectivity index (χ3n) is 8.74. The Morgan fingerprint density at radius 1 is 1.12 bits per heavy atom. The summed E-state index contributed by atoms with van der Waals surface area (Å²) in [6.45, 7) is 6.95. The molecular formula is C21H33NO2. The van der Waals surface area contributed by atoms with Gasteiger partial charge < -0.3 is 10.3 Å². The van der Waals surface area contributed by atoms with Crippen molar-refractivity contribution in [3.05, 3.63) is 11.6 Å². The van der Waals surface area contributed by atoms with Crippen molar-refractivity contribution in [2.45, 2.75) is 78.2 Å². The Bertz CT molecular complexity index is 582. The summed E-state index contributed by atoms with van der Waals surface area (Å²) in [5, 5.41) is 23.0. The Kier molecular flexibility index (Phi) is 3.87. The van der Waals surface area contributed by atoms with E-state index < -0.39 is 0 Å². The van der Waals surface area contributed by atoms with Gasteiger partial charge in [-0.3, -0.25) is 0 Å². The van der Waals surface area contributed by atoms with Crippen LogP contribution in [-0.4, -0.2) is 22.1 Å². The van der Waals surface area contributed by atoms with Crippen molar-refractivity contribution in [2.24, 2.45) is 39.7 Å². The van der Waals surface area contributed by atoms with Crippen LogP contribution in [0.1, 0.15) is 72.1 Å². The standard InChI is InChI=1S/C21H33NO2/c1-13(22-24)17-6-7-18-16-5-4-14-12-15(23)8-10-20(14,2)19(16)9-11-21(17,18)3/h4,15-19,23-24H,5-12H2,1-3H3/b22-13+/t15-,16-,17+,18-,19-,20-,21+/m0/s1. The fourth-order valence-electron chi connectivity index (χ4n) is 7.40. The molecule has 0 radical (unpaired) electrons. The zero-order valence-corrected chi connectivity index (χ0v) is 15.5. The zero-order chi connectivity index (χ0) is 17.1. The van der Waals surface area contributed by atoms with E-state index in [2.05, 4.69) is 25.1 Å². The van der Waals surface area contributed by atoms with E-state index in [1.54, 1.807) is 5.57 Å². The molecule has 0 bridgehead atoms. The number of nitrogens with zero attached hydrogens (tertiary/aromatic N) is 1. The van der Waals surface area contributed by atoms with Gasteiger partial charge in [0.1, 0.15) is 0 Å². The normalized spacial score (nSPS) is 51.4. The minimum atomic E-state index is -0.117. The van der Waals surface area contributed by atoms with E-state index in [4.69, 9.17) is 0 Å². The van der Waals surface area contributed by atoms with E-state index in [1.807, 2.05) is 6.92 Å². The lowest BCUT2D eigenvalue weighted by molar-refractivity contribution is -0.0425. The Hall–Kier alpha value is -0.830. The molecule has 0 heterocycles. The number of hydrogen-bond donors (Lipinski definition) is 2. The molecule has 0 aromatic rings. The molecule has 0 saturated heterocycles. The first kappa shape index (κ1) is 16.6. The Labute approximate surface area is 146 Å². The number of hydrogen-bond acceptors (Lipinski definition) is 3. The number of rotatable bonds is 1. The molecule has 0 aromatic heterocycles. The molecule has 3 nitrogen and oxygen atoms in total. The predicted octanol–water partition coefficient (Wildman–Crippen LogP) is 4.78. The van der Waals surface area contributed by atoms with E-state index in [-0.39, 0.29) is 6.10 Å². The van der Waals surface area contributed by atoms with Crippen LogP contribution in [0.2, 0.25) is 0 Å². The highest BCUT2D eigenvalue weighted by molar-refractivity contribution is 5.85. The van der Waals surface area contributed by atoms with Gasteiger partial charge in [-0.1, -0.05) is 30.7 Å². The van der Waals surface area contributed by atoms with Gasteiger partial charge in [-0.2, -0.15) is 0 Å². The van der Waals surface area contributed by atoms with Gasteiger partial charge >= 0.3 is 0 Å². The second-order valence-electron chi connectivity index (χ2n) is 9.57. The highest BCUT2D eigenvalue weighted by Gasteiger charge is 2.59. The lowest BCUT2D eigenvalue weighted by atomic mass is 9.47. The SMILES string of the molecule is C/C(=N\O)[C@H]1CC[C@H]2[C@@H]3CC=C4C[C@@H](O)CC[C@]4(C)[C@H]3CC[C@]12C. The molecule has 4 aliphatic carbocycles. The molecule has 3 fully saturated rings. The average molecular weight is 332 g/mol. The molecule has 3 saturated carbocycles. The fraction of sp³-hybridized carbons (Fsp3) is 0.857. The number of aliphatic hydroxyl groups excluding tert-OH is 1. The van der Waals surface area contributed by atoms with E-state index in [9.17, 15) is 10.3 Å². The van der Waals surface area contributed by atoms with Gasteiger partial charge in [0.25, 0.3) is 0 Å². The molecule has 134 valence electrons. The molecule has 0 aromatic carbocycles. The monoisotopic (exact) mass is 331 g/mol. The predicted molar refractivity (Wildman–Crippen MR) is 96.1 cm³/mol. The molecule has 0 spiro atoms. The summed E-state index contributed by atoms with van der Waals surface area (Å²) in [6.07, 6.45) is 11.7. The minimum absolute atomic E-state index is 0.117. The summed E-state index contributed by atoms with van der Waals surface area (Å²) in [5.74, 6) is 2.79. The van der Waals surface area contributed by atoms with Gasteiger partial charge in [-0.15, -0.1) is 0 Å². The number of aliphatic hydroxyl groups is 1. The van der Waals surface area contributed by atoms with Crippen LogP contribution in [0.5, 0.6) is 0 Å². The first-order chi connectivity index (χ1) is 11.4. The summed E-state index contributed by atoms with van der Waals surface area (Å²) in [7, 11) is 0. The molecule has 7 atom stereocenters. The van der Waals surface area contributed by atoms with E-state index in [0.717, 1.165) is 42.7 Å². The van der Waals surface area contributed by atoms with Crippen molar-refractivity contribution in [1.29, 1.82) is 0 Å². The van der Waals surface area contributed by atoms with Gasteiger partial charge in [-0.05, 0) is 86.9 Å². The van der Waals surface area contributed by atoms with E-state index in [1.165, 1.54) is 32.1 Å². The van der Waals surface area contributed by atoms with Crippen LogP contribution in [-0.2, 0) is 0 Å². The molecule has 24 heavy (non-hydrogen) atoms. The number of oxime groups is 1. The maximum atomic E-state index is 10.1. The minimum Gasteiger partial charge on any atom is -0.411 e. The highest BCUT2D eigenvalue weighted by Crippen LogP contribution is 2.66. The van der Waals surface area contributed by atoms with Crippen molar-refractivity contribution in [1.82, 2.24) is 0 Å². The Morgan fingerprint density at radius 3 is 2.67 bits per heavy atom. The van der Waals surface area contributed by atoms with Gasteiger partial charge in [0.2, 0.25) is 0 Å².